The van der Waals surface area contributed by atoms with Crippen molar-refractivity contribution in [3.8, 4) is 0 Å². The highest BCUT2D eigenvalue weighted by atomic mass is 32.2. The predicted molar refractivity (Wildman–Crippen MR) is 48.3 cm³/mol. The van der Waals surface area contributed by atoms with Gasteiger partial charge in [0.05, 0.1) is 15.0 Å². The molecule has 0 aliphatic heterocycles. The Morgan fingerprint density at radius 3 is 2.50 bits per heavy atom. The van der Waals surface area contributed by atoms with Gasteiger partial charge in [-0.2, -0.15) is 0 Å². The first kappa shape index (κ1) is 9.41. The molecule has 1 aromatic rings. The van der Waals surface area contributed by atoms with Gasteiger partial charge in [-0.15, -0.1) is 11.3 Å². The quantitative estimate of drug-likeness (QED) is 0.794. The van der Waals surface area contributed by atoms with Crippen LogP contribution >= 0.6 is 11.3 Å². The summed E-state index contributed by atoms with van der Waals surface area (Å²) in [6.07, 6.45) is 1.55. The van der Waals surface area contributed by atoms with Crippen molar-refractivity contribution < 1.29 is 14.1 Å². The van der Waals surface area contributed by atoms with Gasteiger partial charge in [-0.25, -0.2) is 4.79 Å². The average molecular weight is 204 g/mol. The number of carboxylic acids is 1. The van der Waals surface area contributed by atoms with E-state index in [9.17, 15) is 9.00 Å². The van der Waals surface area contributed by atoms with E-state index in [-0.39, 0.29) is 4.88 Å². The van der Waals surface area contributed by atoms with Crippen molar-refractivity contribution in [3.63, 3.8) is 0 Å². The average Bonchev–Trinajstić information content (AvgIpc) is 2.30. The highest BCUT2D eigenvalue weighted by Crippen LogP contribution is 2.24. The largest absolute Gasteiger partial charge is 0.477 e. The molecule has 0 saturated heterocycles. The van der Waals surface area contributed by atoms with E-state index in [1.165, 1.54) is 0 Å². The van der Waals surface area contributed by atoms with E-state index in [4.69, 9.17) is 5.11 Å². The Hall–Kier alpha value is -0.680. The first-order valence-electron chi connectivity index (χ1n) is 3.19. The fourth-order valence-electron chi connectivity index (χ4n) is 0.856. The van der Waals surface area contributed by atoms with Gasteiger partial charge in [0.25, 0.3) is 0 Å². The van der Waals surface area contributed by atoms with Crippen LogP contribution in [0.5, 0.6) is 0 Å². The molecule has 0 aromatic carbocycles. The van der Waals surface area contributed by atoms with E-state index in [0.29, 0.717) is 4.21 Å². The molecule has 66 valence electrons. The van der Waals surface area contributed by atoms with Crippen LogP contribution in [-0.4, -0.2) is 21.5 Å². The molecule has 1 N–H and O–H groups in total. The normalized spacial score (nSPS) is 12.8. The van der Waals surface area contributed by atoms with E-state index in [2.05, 4.69) is 0 Å². The van der Waals surface area contributed by atoms with Gasteiger partial charge in [-0.1, -0.05) is 0 Å². The van der Waals surface area contributed by atoms with Gasteiger partial charge >= 0.3 is 5.97 Å². The third kappa shape index (κ3) is 1.73. The Morgan fingerprint density at radius 2 is 2.25 bits per heavy atom. The second-order valence-corrected chi connectivity index (χ2v) is 4.97. The van der Waals surface area contributed by atoms with Crippen LogP contribution in [0.25, 0.3) is 0 Å². The predicted octanol–water partition coefficient (Wildman–Crippen LogP) is 1.49. The molecule has 1 heterocycles. The number of carboxylic acid groups (broad SMARTS) is 1. The van der Waals surface area contributed by atoms with Crippen molar-refractivity contribution >= 4 is 28.1 Å². The van der Waals surface area contributed by atoms with Crippen LogP contribution in [-0.2, 0) is 10.8 Å². The van der Waals surface area contributed by atoms with Crippen LogP contribution < -0.4 is 0 Å². The number of aryl methyl sites for hydroxylation is 1. The minimum absolute atomic E-state index is 0.248. The lowest BCUT2D eigenvalue weighted by Crippen LogP contribution is -1.89. The molecule has 0 saturated carbocycles. The van der Waals surface area contributed by atoms with Crippen molar-refractivity contribution in [3.05, 3.63) is 16.5 Å². The van der Waals surface area contributed by atoms with Gasteiger partial charge < -0.3 is 5.11 Å². The third-order valence-corrected chi connectivity index (χ3v) is 4.16. The fourth-order valence-corrected chi connectivity index (χ4v) is 2.85. The maximum Gasteiger partial charge on any atom is 0.345 e. The molecular weight excluding hydrogens is 196 g/mol. The Kier molecular flexibility index (Phi) is 2.64. The summed E-state index contributed by atoms with van der Waals surface area (Å²) in [6.45, 7) is 1.76. The molecule has 1 atom stereocenters. The highest BCUT2D eigenvalue weighted by Gasteiger charge is 2.12. The van der Waals surface area contributed by atoms with E-state index < -0.39 is 16.8 Å². The van der Waals surface area contributed by atoms with Crippen LogP contribution in [0.3, 0.4) is 0 Å². The summed E-state index contributed by atoms with van der Waals surface area (Å²) in [5, 5.41) is 8.62. The minimum Gasteiger partial charge on any atom is -0.477 e. The monoisotopic (exact) mass is 204 g/mol. The van der Waals surface area contributed by atoms with Crippen molar-refractivity contribution in [2.75, 3.05) is 6.26 Å². The fraction of sp³-hybridized carbons (Fsp3) is 0.286. The standard InChI is InChI=1S/C7H8O3S2/c1-4-3-5(6(8)9)11-7(4)12(2)10/h3H,1-2H3,(H,8,9). The molecule has 0 aliphatic rings. The summed E-state index contributed by atoms with van der Waals surface area (Å²) < 4.78 is 11.7. The summed E-state index contributed by atoms with van der Waals surface area (Å²) >= 11 is 1.08. The van der Waals surface area contributed by atoms with Crippen LogP contribution in [0.15, 0.2) is 10.3 Å². The second-order valence-electron chi connectivity index (χ2n) is 2.34. The molecule has 1 unspecified atom stereocenters. The Bertz CT molecular complexity index is 340. The molecule has 0 amide bonds. The lowest BCUT2D eigenvalue weighted by molar-refractivity contribution is 0.0702. The first-order valence-corrected chi connectivity index (χ1v) is 5.57. The number of carbonyl (C=O) groups is 1. The lowest BCUT2D eigenvalue weighted by Gasteiger charge is -1.89. The van der Waals surface area contributed by atoms with Gasteiger partial charge in [-0.05, 0) is 18.6 Å². The Balaban J connectivity index is 3.17. The van der Waals surface area contributed by atoms with Crippen LogP contribution in [0, 0.1) is 6.92 Å². The van der Waals surface area contributed by atoms with Crippen LogP contribution in [0.2, 0.25) is 0 Å². The Morgan fingerprint density at radius 1 is 1.67 bits per heavy atom. The number of rotatable bonds is 2. The first-order chi connectivity index (χ1) is 5.52. The maximum atomic E-state index is 11.0. The molecule has 0 aliphatic carbocycles. The summed E-state index contributed by atoms with van der Waals surface area (Å²) in [4.78, 5) is 10.7. The van der Waals surface area contributed by atoms with Crippen LogP contribution in [0.1, 0.15) is 15.2 Å². The molecule has 0 bridgehead atoms. The van der Waals surface area contributed by atoms with Crippen molar-refractivity contribution in [2.45, 2.75) is 11.1 Å². The van der Waals surface area contributed by atoms with Gasteiger partial charge in [0.1, 0.15) is 4.88 Å². The summed E-state index contributed by atoms with van der Waals surface area (Å²) in [5.74, 6) is -0.959. The highest BCUT2D eigenvalue weighted by molar-refractivity contribution is 7.86. The smallest absolute Gasteiger partial charge is 0.345 e. The zero-order chi connectivity index (χ0) is 9.30. The molecule has 1 aromatic heterocycles. The number of hydrogen-bond donors (Lipinski definition) is 1. The second kappa shape index (κ2) is 3.37. The molecule has 0 spiro atoms. The van der Waals surface area contributed by atoms with Crippen LogP contribution in [0.4, 0.5) is 0 Å². The summed E-state index contributed by atoms with van der Waals surface area (Å²) in [7, 11) is -1.08. The van der Waals surface area contributed by atoms with E-state index in [0.717, 1.165) is 16.9 Å². The van der Waals surface area contributed by atoms with Crippen molar-refractivity contribution in [1.29, 1.82) is 0 Å². The number of thiophene rings is 1. The molecule has 0 radical (unpaired) electrons. The number of aromatic carboxylic acids is 1. The summed E-state index contributed by atoms with van der Waals surface area (Å²) in [6, 6.07) is 1.55. The molecular formula is C7H8O3S2. The lowest BCUT2D eigenvalue weighted by atomic mass is 10.3. The number of hydrogen-bond acceptors (Lipinski definition) is 3. The third-order valence-electron chi connectivity index (χ3n) is 1.34. The Labute approximate surface area is 76.5 Å². The minimum atomic E-state index is -1.08. The van der Waals surface area contributed by atoms with Crippen molar-refractivity contribution in [1.82, 2.24) is 0 Å². The van der Waals surface area contributed by atoms with E-state index in [1.807, 2.05) is 0 Å². The maximum absolute atomic E-state index is 11.0. The SMILES string of the molecule is Cc1cc(C(=O)O)sc1S(C)=O. The van der Waals surface area contributed by atoms with Gasteiger partial charge in [0.15, 0.2) is 0 Å². The van der Waals surface area contributed by atoms with E-state index >= 15 is 0 Å². The molecule has 12 heavy (non-hydrogen) atoms. The molecule has 3 nitrogen and oxygen atoms in total. The van der Waals surface area contributed by atoms with Crippen molar-refractivity contribution in [2.24, 2.45) is 0 Å². The molecule has 5 heteroatoms. The van der Waals surface area contributed by atoms with Gasteiger partial charge in [0, 0.05) is 6.26 Å². The zero-order valence-electron chi connectivity index (χ0n) is 6.66. The van der Waals surface area contributed by atoms with Gasteiger partial charge in [-0.3, -0.25) is 4.21 Å². The molecule has 0 fully saturated rings. The summed E-state index contributed by atoms with van der Waals surface area (Å²) in [5.41, 5.74) is 0.790. The topological polar surface area (TPSA) is 54.4 Å². The molecule has 1 rings (SSSR count). The van der Waals surface area contributed by atoms with E-state index in [1.54, 1.807) is 19.2 Å². The zero-order valence-corrected chi connectivity index (χ0v) is 8.29. The van der Waals surface area contributed by atoms with Gasteiger partial charge in [0.2, 0.25) is 0 Å².